The molecule has 154 valence electrons. The van der Waals surface area contributed by atoms with Gasteiger partial charge in [-0.3, -0.25) is 4.79 Å². The molecule has 2 aromatic rings. The highest BCUT2D eigenvalue weighted by Gasteiger charge is 2.38. The molecule has 6 nitrogen and oxygen atoms in total. The molecule has 1 fully saturated rings. The molecule has 1 N–H and O–H groups in total. The number of alkyl halides is 3. The van der Waals surface area contributed by atoms with Crippen LogP contribution in [-0.4, -0.2) is 41.3 Å². The third-order valence-electron chi connectivity index (χ3n) is 5.08. The zero-order valence-corrected chi connectivity index (χ0v) is 15.9. The second kappa shape index (κ2) is 6.53. The maximum Gasteiger partial charge on any atom is 0.418 e. The molecule has 2 aliphatic rings. The Bertz CT molecular complexity index is 955. The molecule has 0 atom stereocenters. The first-order valence-electron chi connectivity index (χ1n) is 9.15. The third-order valence-corrected chi connectivity index (χ3v) is 5.08. The van der Waals surface area contributed by atoms with Crippen molar-refractivity contribution in [2.75, 3.05) is 29.4 Å². The molecule has 4 rings (SSSR count). The van der Waals surface area contributed by atoms with Gasteiger partial charge in [0.05, 0.1) is 18.0 Å². The second-order valence-electron chi connectivity index (χ2n) is 7.95. The Labute approximate surface area is 165 Å². The Morgan fingerprint density at radius 1 is 1.24 bits per heavy atom. The van der Waals surface area contributed by atoms with Gasteiger partial charge in [-0.15, -0.1) is 0 Å². The van der Waals surface area contributed by atoms with Crippen LogP contribution in [-0.2, 0) is 11.0 Å². The SMILES string of the molecule is CC1(C)CN(c2cccc(N3CC(C(=O)O)C3)c2)c2ncc(C(F)(F)F)cc2O1. The topological polar surface area (TPSA) is 65.9 Å². The van der Waals surface area contributed by atoms with E-state index in [-0.39, 0.29) is 11.7 Å². The molecule has 0 unspecified atom stereocenters. The van der Waals surface area contributed by atoms with Crippen molar-refractivity contribution in [3.8, 4) is 5.75 Å². The summed E-state index contributed by atoms with van der Waals surface area (Å²) in [5.41, 5.74) is 0.0342. The summed E-state index contributed by atoms with van der Waals surface area (Å²) in [7, 11) is 0. The summed E-state index contributed by atoms with van der Waals surface area (Å²) in [6.45, 7) is 4.87. The van der Waals surface area contributed by atoms with Crippen LogP contribution in [0.5, 0.6) is 5.75 Å². The minimum absolute atomic E-state index is 0.0800. The van der Waals surface area contributed by atoms with Crippen molar-refractivity contribution in [1.29, 1.82) is 0 Å². The van der Waals surface area contributed by atoms with E-state index in [1.54, 1.807) is 13.8 Å². The van der Waals surface area contributed by atoms with Crippen molar-refractivity contribution in [2.24, 2.45) is 5.92 Å². The Balaban J connectivity index is 1.67. The molecule has 29 heavy (non-hydrogen) atoms. The number of pyridine rings is 1. The molecular formula is C20H20F3N3O3. The van der Waals surface area contributed by atoms with Crippen molar-refractivity contribution in [2.45, 2.75) is 25.6 Å². The third kappa shape index (κ3) is 3.68. The van der Waals surface area contributed by atoms with Gasteiger partial charge in [-0.1, -0.05) is 6.07 Å². The summed E-state index contributed by atoms with van der Waals surface area (Å²) in [5, 5.41) is 9.07. The van der Waals surface area contributed by atoms with E-state index in [4.69, 9.17) is 9.84 Å². The van der Waals surface area contributed by atoms with E-state index >= 15 is 0 Å². The van der Waals surface area contributed by atoms with E-state index in [2.05, 4.69) is 4.98 Å². The van der Waals surface area contributed by atoms with Gasteiger partial charge in [0.1, 0.15) is 5.60 Å². The lowest BCUT2D eigenvalue weighted by Crippen LogP contribution is -2.50. The van der Waals surface area contributed by atoms with Gasteiger partial charge < -0.3 is 19.6 Å². The highest BCUT2D eigenvalue weighted by molar-refractivity contribution is 5.76. The predicted molar refractivity (Wildman–Crippen MR) is 101 cm³/mol. The monoisotopic (exact) mass is 407 g/mol. The zero-order valence-electron chi connectivity index (χ0n) is 15.9. The van der Waals surface area contributed by atoms with Crippen LogP contribution in [0, 0.1) is 5.92 Å². The van der Waals surface area contributed by atoms with E-state index in [0.717, 1.165) is 23.6 Å². The lowest BCUT2D eigenvalue weighted by molar-refractivity contribution is -0.142. The van der Waals surface area contributed by atoms with Crippen molar-refractivity contribution in [1.82, 2.24) is 4.98 Å². The molecule has 1 saturated heterocycles. The normalized spacial score (nSPS) is 18.7. The van der Waals surface area contributed by atoms with Crippen LogP contribution in [0.1, 0.15) is 19.4 Å². The van der Waals surface area contributed by atoms with Crippen LogP contribution in [0.3, 0.4) is 0 Å². The summed E-state index contributed by atoms with van der Waals surface area (Å²) in [4.78, 5) is 18.9. The number of anilines is 3. The van der Waals surface area contributed by atoms with Crippen LogP contribution in [0.4, 0.5) is 30.4 Å². The summed E-state index contributed by atoms with van der Waals surface area (Å²) in [6, 6.07) is 8.44. The molecular weight excluding hydrogens is 387 g/mol. The molecule has 3 heterocycles. The van der Waals surface area contributed by atoms with Crippen molar-refractivity contribution in [3.63, 3.8) is 0 Å². The van der Waals surface area contributed by atoms with E-state index in [9.17, 15) is 18.0 Å². The number of halogens is 3. The predicted octanol–water partition coefficient (Wildman–Crippen LogP) is 3.93. The first-order valence-corrected chi connectivity index (χ1v) is 9.15. The number of aliphatic carboxylic acids is 1. The van der Waals surface area contributed by atoms with Gasteiger partial charge in [0.25, 0.3) is 0 Å². The van der Waals surface area contributed by atoms with Crippen LogP contribution >= 0.6 is 0 Å². The molecule has 0 radical (unpaired) electrons. The molecule has 1 aromatic carbocycles. The molecule has 0 spiro atoms. The zero-order chi connectivity index (χ0) is 21.0. The number of carboxylic acid groups (broad SMARTS) is 1. The highest BCUT2D eigenvalue weighted by atomic mass is 19.4. The van der Waals surface area contributed by atoms with Crippen LogP contribution in [0.25, 0.3) is 0 Å². The second-order valence-corrected chi connectivity index (χ2v) is 7.95. The number of hydrogen-bond donors (Lipinski definition) is 1. The number of rotatable bonds is 3. The van der Waals surface area contributed by atoms with Gasteiger partial charge in [-0.05, 0) is 38.1 Å². The number of hydrogen-bond acceptors (Lipinski definition) is 5. The Hall–Kier alpha value is -2.97. The Morgan fingerprint density at radius 3 is 2.59 bits per heavy atom. The number of ether oxygens (including phenoxy) is 1. The maximum atomic E-state index is 13.1. The van der Waals surface area contributed by atoms with E-state index < -0.39 is 23.3 Å². The summed E-state index contributed by atoms with van der Waals surface area (Å²) in [5.74, 6) is -0.798. The standard InChI is InChI=1S/C20H20F3N3O3/c1-19(2)11-26(17-16(29-19)6-13(8-24-17)20(21,22)23)15-5-3-4-14(7-15)25-9-12(10-25)18(27)28/h3-8,12H,9-11H2,1-2H3,(H,27,28). The highest BCUT2D eigenvalue weighted by Crippen LogP contribution is 2.43. The smallest absolute Gasteiger partial charge is 0.418 e. The average molecular weight is 407 g/mol. The minimum Gasteiger partial charge on any atom is -0.482 e. The molecule has 1 aromatic heterocycles. The molecule has 9 heteroatoms. The van der Waals surface area contributed by atoms with Gasteiger partial charge in [-0.25, -0.2) is 4.98 Å². The number of benzene rings is 1. The van der Waals surface area contributed by atoms with Gasteiger partial charge in [-0.2, -0.15) is 13.2 Å². The summed E-state index contributed by atoms with van der Waals surface area (Å²) in [6.07, 6.45) is -3.69. The van der Waals surface area contributed by atoms with Gasteiger partial charge in [0, 0.05) is 30.7 Å². The van der Waals surface area contributed by atoms with E-state index in [1.165, 1.54) is 0 Å². The lowest BCUT2D eigenvalue weighted by Gasteiger charge is -2.41. The number of fused-ring (bicyclic) bond motifs is 1. The average Bonchev–Trinajstić information content (AvgIpc) is 2.57. The fourth-order valence-electron chi connectivity index (χ4n) is 3.57. The first kappa shape index (κ1) is 19.4. The van der Waals surface area contributed by atoms with E-state index in [1.807, 2.05) is 34.1 Å². The quantitative estimate of drug-likeness (QED) is 0.832. The molecule has 0 amide bonds. The molecule has 0 bridgehead atoms. The van der Waals surface area contributed by atoms with Crippen LogP contribution in [0.15, 0.2) is 36.5 Å². The molecule has 0 aliphatic carbocycles. The number of carbonyl (C=O) groups is 1. The first-order chi connectivity index (χ1) is 13.5. The Morgan fingerprint density at radius 2 is 1.93 bits per heavy atom. The minimum atomic E-state index is -4.50. The van der Waals surface area contributed by atoms with Gasteiger partial charge >= 0.3 is 12.1 Å². The Kier molecular flexibility index (Phi) is 4.36. The van der Waals surface area contributed by atoms with Crippen molar-refractivity contribution in [3.05, 3.63) is 42.1 Å². The van der Waals surface area contributed by atoms with Crippen molar-refractivity contribution >= 4 is 23.2 Å². The largest absolute Gasteiger partial charge is 0.482 e. The van der Waals surface area contributed by atoms with Crippen molar-refractivity contribution < 1.29 is 27.8 Å². The van der Waals surface area contributed by atoms with Gasteiger partial charge in [0.2, 0.25) is 0 Å². The molecule has 0 saturated carbocycles. The fourth-order valence-corrected chi connectivity index (χ4v) is 3.57. The molecule has 2 aliphatic heterocycles. The van der Waals surface area contributed by atoms with E-state index in [0.29, 0.717) is 25.5 Å². The number of aromatic nitrogens is 1. The van der Waals surface area contributed by atoms with Gasteiger partial charge in [0.15, 0.2) is 11.6 Å². The maximum absolute atomic E-state index is 13.1. The number of nitrogens with zero attached hydrogens (tertiary/aromatic N) is 3. The lowest BCUT2D eigenvalue weighted by atomic mass is 9.99. The summed E-state index contributed by atoms with van der Waals surface area (Å²) >= 11 is 0. The van der Waals surface area contributed by atoms with Crippen LogP contribution in [0.2, 0.25) is 0 Å². The summed E-state index contributed by atoms with van der Waals surface area (Å²) < 4.78 is 45.0. The fraction of sp³-hybridized carbons (Fsp3) is 0.400. The van der Waals surface area contributed by atoms with Crippen LogP contribution < -0.4 is 14.5 Å². The number of carboxylic acids is 1.